The summed E-state index contributed by atoms with van der Waals surface area (Å²) in [5.41, 5.74) is -0.255. The van der Waals surface area contributed by atoms with Crippen LogP contribution >= 0.6 is 27.3 Å². The molecule has 0 spiro atoms. The number of hydrogen-bond acceptors (Lipinski definition) is 3. The molecule has 0 atom stereocenters. The highest BCUT2D eigenvalue weighted by Crippen LogP contribution is 2.36. The van der Waals surface area contributed by atoms with Crippen LogP contribution in [0.4, 0.5) is 0 Å². The topological polar surface area (TPSA) is 37.4 Å². The monoisotopic (exact) mass is 323 g/mol. The van der Waals surface area contributed by atoms with Crippen molar-refractivity contribution in [3.05, 3.63) is 15.9 Å². The van der Waals surface area contributed by atoms with Crippen LogP contribution in [-0.4, -0.2) is 24.8 Å². The summed E-state index contributed by atoms with van der Waals surface area (Å²) in [4.78, 5) is 0. The molecule has 2 rings (SSSR count). The molecule has 0 bridgehead atoms. The predicted molar refractivity (Wildman–Crippen MR) is 69.2 cm³/mol. The Morgan fingerprint density at radius 3 is 2.56 bits per heavy atom. The third kappa shape index (κ3) is 2.08. The fourth-order valence-corrected chi connectivity index (χ4v) is 6.04. The molecule has 0 unspecified atom stereocenters. The quantitative estimate of drug-likeness (QED) is 0.838. The van der Waals surface area contributed by atoms with Gasteiger partial charge in [-0.05, 0) is 54.8 Å². The number of halogens is 1. The van der Waals surface area contributed by atoms with Gasteiger partial charge >= 0.3 is 0 Å². The maximum absolute atomic E-state index is 12.4. The van der Waals surface area contributed by atoms with Crippen LogP contribution in [0.5, 0.6) is 0 Å². The highest BCUT2D eigenvalue weighted by molar-refractivity contribution is 9.11. The molecule has 0 radical (unpaired) electrons. The minimum atomic E-state index is -3.30. The lowest BCUT2D eigenvalue weighted by molar-refractivity contribution is 0.292. The van der Waals surface area contributed by atoms with Gasteiger partial charge in [-0.25, -0.2) is 8.42 Å². The van der Waals surface area contributed by atoms with E-state index in [1.54, 1.807) is 16.4 Å². The van der Waals surface area contributed by atoms with Crippen molar-refractivity contribution in [2.45, 2.75) is 36.4 Å². The van der Waals surface area contributed by atoms with Gasteiger partial charge in [0.25, 0.3) is 10.0 Å². The van der Waals surface area contributed by atoms with Gasteiger partial charge in [0.15, 0.2) is 0 Å². The molecule has 0 N–H and O–H groups in total. The largest absolute Gasteiger partial charge is 0.253 e. The molecular weight excluding hydrogens is 310 g/mol. The van der Waals surface area contributed by atoms with E-state index < -0.39 is 10.0 Å². The lowest BCUT2D eigenvalue weighted by atomic mass is 10.0. The molecule has 2 heterocycles. The summed E-state index contributed by atoms with van der Waals surface area (Å²) >= 11 is 4.57. The van der Waals surface area contributed by atoms with Crippen LogP contribution in [0.25, 0.3) is 0 Å². The Labute approximate surface area is 109 Å². The van der Waals surface area contributed by atoms with Gasteiger partial charge in [0, 0.05) is 12.1 Å². The van der Waals surface area contributed by atoms with Gasteiger partial charge in [-0.3, -0.25) is 0 Å². The smallest absolute Gasteiger partial charge is 0.206 e. The second-order valence-electron chi connectivity index (χ2n) is 4.55. The van der Waals surface area contributed by atoms with E-state index in [1.807, 2.05) is 13.8 Å². The highest BCUT2D eigenvalue weighted by Gasteiger charge is 2.41. The number of thiophene rings is 1. The van der Waals surface area contributed by atoms with Crippen molar-refractivity contribution in [1.82, 2.24) is 4.31 Å². The molecule has 16 heavy (non-hydrogen) atoms. The molecule has 1 fully saturated rings. The number of nitrogens with zero attached hydrogens (tertiary/aromatic N) is 1. The Morgan fingerprint density at radius 1 is 1.44 bits per heavy atom. The molecule has 6 heteroatoms. The minimum absolute atomic E-state index is 0.255. The van der Waals surface area contributed by atoms with E-state index in [0.717, 1.165) is 16.6 Å². The van der Waals surface area contributed by atoms with Crippen molar-refractivity contribution < 1.29 is 8.42 Å². The molecule has 1 aromatic rings. The standard InChI is InChI=1S/C10H14BrNO2S2/c1-10(2)6-3-7-12(10)16(13,14)9-5-4-8(11)15-9/h4-5H,3,6-7H2,1-2H3. The van der Waals surface area contributed by atoms with Crippen LogP contribution < -0.4 is 0 Å². The van der Waals surface area contributed by atoms with Crippen LogP contribution in [0.1, 0.15) is 26.7 Å². The summed E-state index contributed by atoms with van der Waals surface area (Å²) < 4.78 is 27.7. The van der Waals surface area contributed by atoms with Crippen LogP contribution in [-0.2, 0) is 10.0 Å². The van der Waals surface area contributed by atoms with Crippen molar-refractivity contribution in [3.63, 3.8) is 0 Å². The molecule has 0 saturated carbocycles. The third-order valence-electron chi connectivity index (χ3n) is 2.92. The summed E-state index contributed by atoms with van der Waals surface area (Å²) in [6.07, 6.45) is 1.87. The van der Waals surface area contributed by atoms with E-state index in [9.17, 15) is 8.42 Å². The molecule has 1 aliphatic rings. The molecule has 0 amide bonds. The number of sulfonamides is 1. The van der Waals surface area contributed by atoms with E-state index in [0.29, 0.717) is 10.8 Å². The molecular formula is C10H14BrNO2S2. The second-order valence-corrected chi connectivity index (χ2v) is 9.10. The second kappa shape index (κ2) is 4.08. The van der Waals surface area contributed by atoms with Gasteiger partial charge in [0.1, 0.15) is 4.21 Å². The molecule has 1 saturated heterocycles. The van der Waals surface area contributed by atoms with Gasteiger partial charge < -0.3 is 0 Å². The van der Waals surface area contributed by atoms with Gasteiger partial charge in [-0.2, -0.15) is 4.31 Å². The summed E-state index contributed by atoms with van der Waals surface area (Å²) in [7, 11) is -3.30. The molecule has 1 aliphatic heterocycles. The fourth-order valence-electron chi connectivity index (χ4n) is 2.07. The minimum Gasteiger partial charge on any atom is -0.206 e. The summed E-state index contributed by atoms with van der Waals surface area (Å²) in [5, 5.41) is 0. The Bertz CT molecular complexity index is 493. The van der Waals surface area contributed by atoms with Crippen LogP contribution in [0, 0.1) is 0 Å². The zero-order valence-electron chi connectivity index (χ0n) is 9.23. The first-order valence-corrected chi connectivity index (χ1v) is 8.17. The van der Waals surface area contributed by atoms with Gasteiger partial charge in [-0.1, -0.05) is 0 Å². The highest BCUT2D eigenvalue weighted by atomic mass is 79.9. The maximum Gasteiger partial charge on any atom is 0.253 e. The zero-order chi connectivity index (χ0) is 12.0. The van der Waals surface area contributed by atoms with Crippen LogP contribution in [0.3, 0.4) is 0 Å². The molecule has 3 nitrogen and oxygen atoms in total. The number of rotatable bonds is 2. The Morgan fingerprint density at radius 2 is 2.12 bits per heavy atom. The van der Waals surface area contributed by atoms with Gasteiger partial charge in [0.05, 0.1) is 3.79 Å². The van der Waals surface area contributed by atoms with E-state index in [-0.39, 0.29) is 5.54 Å². The van der Waals surface area contributed by atoms with Crippen LogP contribution in [0.2, 0.25) is 0 Å². The average Bonchev–Trinajstić information content (AvgIpc) is 2.71. The fraction of sp³-hybridized carbons (Fsp3) is 0.600. The first-order chi connectivity index (χ1) is 7.34. The van der Waals surface area contributed by atoms with Crippen molar-refractivity contribution >= 4 is 37.3 Å². The summed E-state index contributed by atoms with van der Waals surface area (Å²) in [6.45, 7) is 4.60. The molecule has 0 aliphatic carbocycles. The lowest BCUT2D eigenvalue weighted by Gasteiger charge is -2.29. The first kappa shape index (κ1) is 12.5. The van der Waals surface area contributed by atoms with Gasteiger partial charge in [0.2, 0.25) is 0 Å². The SMILES string of the molecule is CC1(C)CCCN1S(=O)(=O)c1ccc(Br)s1. The molecule has 90 valence electrons. The van der Waals surface area contributed by atoms with Crippen molar-refractivity contribution in [1.29, 1.82) is 0 Å². The third-order valence-corrected chi connectivity index (χ3v) is 7.12. The molecule has 1 aromatic heterocycles. The first-order valence-electron chi connectivity index (χ1n) is 5.12. The van der Waals surface area contributed by atoms with Gasteiger partial charge in [-0.15, -0.1) is 11.3 Å². The number of hydrogen-bond donors (Lipinski definition) is 0. The maximum atomic E-state index is 12.4. The lowest BCUT2D eigenvalue weighted by Crippen LogP contribution is -2.42. The van der Waals surface area contributed by atoms with E-state index in [4.69, 9.17) is 0 Å². The van der Waals surface area contributed by atoms with Crippen molar-refractivity contribution in [3.8, 4) is 0 Å². The zero-order valence-corrected chi connectivity index (χ0v) is 12.5. The van der Waals surface area contributed by atoms with E-state index in [1.165, 1.54) is 11.3 Å². The summed E-state index contributed by atoms with van der Waals surface area (Å²) in [5.74, 6) is 0. The summed E-state index contributed by atoms with van der Waals surface area (Å²) in [6, 6.07) is 3.44. The van der Waals surface area contributed by atoms with Crippen molar-refractivity contribution in [2.75, 3.05) is 6.54 Å². The van der Waals surface area contributed by atoms with E-state index in [2.05, 4.69) is 15.9 Å². The predicted octanol–water partition coefficient (Wildman–Crippen LogP) is 3.07. The Kier molecular flexibility index (Phi) is 3.20. The van der Waals surface area contributed by atoms with Crippen molar-refractivity contribution in [2.24, 2.45) is 0 Å². The molecule has 0 aromatic carbocycles. The van der Waals surface area contributed by atoms with Crippen LogP contribution in [0.15, 0.2) is 20.1 Å². The normalized spacial score (nSPS) is 21.4. The van der Waals surface area contributed by atoms with E-state index >= 15 is 0 Å². The average molecular weight is 324 g/mol. The Hall–Kier alpha value is 0.0900. The Balaban J connectivity index is 2.40.